The molecule has 1 saturated heterocycles. The van der Waals surface area contributed by atoms with Crippen molar-refractivity contribution >= 4 is 6.21 Å². The van der Waals surface area contributed by atoms with Crippen LogP contribution in [0.5, 0.6) is 5.75 Å². The molecule has 0 aliphatic carbocycles. The summed E-state index contributed by atoms with van der Waals surface area (Å²) < 4.78 is 11.2. The molecule has 0 unspecified atom stereocenters. The molecule has 86 valence electrons. The van der Waals surface area contributed by atoms with E-state index in [0.29, 0.717) is 0 Å². The molecule has 2 rings (SSSR count). The van der Waals surface area contributed by atoms with Gasteiger partial charge in [-0.3, -0.25) is 0 Å². The number of ether oxygens (including phenoxy) is 2. The van der Waals surface area contributed by atoms with Crippen molar-refractivity contribution in [2.75, 3.05) is 13.2 Å². The van der Waals surface area contributed by atoms with Gasteiger partial charge in [0.2, 0.25) is 0 Å². The Morgan fingerprint density at radius 1 is 1.31 bits per heavy atom. The maximum Gasteiger partial charge on any atom is 0.128 e. The van der Waals surface area contributed by atoms with Gasteiger partial charge < -0.3 is 15.3 Å². The monoisotopic (exact) mass is 220 g/mol. The van der Waals surface area contributed by atoms with E-state index in [2.05, 4.69) is 5.10 Å². The van der Waals surface area contributed by atoms with Crippen LogP contribution in [0, 0.1) is 0 Å². The van der Waals surface area contributed by atoms with Crippen molar-refractivity contribution in [1.82, 2.24) is 0 Å². The third-order valence-corrected chi connectivity index (χ3v) is 2.59. The maximum absolute atomic E-state index is 5.91. The van der Waals surface area contributed by atoms with Gasteiger partial charge in [-0.2, -0.15) is 5.10 Å². The SMILES string of the molecule is NN=Cc1ccccc1OC1CCOCC1. The minimum absolute atomic E-state index is 0.237. The normalized spacial score (nSPS) is 17.8. The lowest BCUT2D eigenvalue weighted by Crippen LogP contribution is -2.26. The first-order valence-electron chi connectivity index (χ1n) is 5.47. The van der Waals surface area contributed by atoms with E-state index in [0.717, 1.165) is 37.4 Å². The summed E-state index contributed by atoms with van der Waals surface area (Å²) in [4.78, 5) is 0. The molecule has 2 N–H and O–H groups in total. The van der Waals surface area contributed by atoms with Crippen LogP contribution in [-0.2, 0) is 4.74 Å². The number of hydrazone groups is 1. The summed E-state index contributed by atoms with van der Waals surface area (Å²) in [5.74, 6) is 5.99. The van der Waals surface area contributed by atoms with Crippen molar-refractivity contribution in [3.05, 3.63) is 29.8 Å². The zero-order chi connectivity index (χ0) is 11.2. The minimum atomic E-state index is 0.237. The lowest BCUT2D eigenvalue weighted by molar-refractivity contribution is 0.0255. The Morgan fingerprint density at radius 2 is 2.06 bits per heavy atom. The van der Waals surface area contributed by atoms with E-state index in [4.69, 9.17) is 15.3 Å². The molecule has 0 aromatic heterocycles. The fourth-order valence-electron chi connectivity index (χ4n) is 1.75. The standard InChI is InChI=1S/C12H16N2O2/c13-14-9-10-3-1-2-4-12(10)16-11-5-7-15-8-6-11/h1-4,9,11H,5-8,13H2. The first kappa shape index (κ1) is 11.0. The second-order valence-electron chi connectivity index (χ2n) is 3.75. The molecular weight excluding hydrogens is 204 g/mol. The summed E-state index contributed by atoms with van der Waals surface area (Å²) >= 11 is 0. The highest BCUT2D eigenvalue weighted by Gasteiger charge is 2.16. The molecule has 1 aromatic carbocycles. The Hall–Kier alpha value is -1.55. The first-order chi connectivity index (χ1) is 7.90. The second kappa shape index (κ2) is 5.51. The number of nitrogens with zero attached hydrogens (tertiary/aromatic N) is 1. The molecule has 1 aromatic rings. The van der Waals surface area contributed by atoms with E-state index in [-0.39, 0.29) is 6.10 Å². The lowest BCUT2D eigenvalue weighted by Gasteiger charge is -2.24. The third kappa shape index (κ3) is 2.73. The summed E-state index contributed by atoms with van der Waals surface area (Å²) in [6, 6.07) is 7.76. The summed E-state index contributed by atoms with van der Waals surface area (Å²) in [7, 11) is 0. The van der Waals surface area contributed by atoms with Gasteiger partial charge in [0.15, 0.2) is 0 Å². The van der Waals surface area contributed by atoms with Crippen molar-refractivity contribution in [3.8, 4) is 5.75 Å². The van der Waals surface area contributed by atoms with Crippen LogP contribution in [0.4, 0.5) is 0 Å². The van der Waals surface area contributed by atoms with Gasteiger partial charge in [0, 0.05) is 18.4 Å². The van der Waals surface area contributed by atoms with Gasteiger partial charge in [0.1, 0.15) is 11.9 Å². The molecule has 1 fully saturated rings. The van der Waals surface area contributed by atoms with E-state index in [1.165, 1.54) is 0 Å². The number of benzene rings is 1. The Morgan fingerprint density at radius 3 is 2.81 bits per heavy atom. The van der Waals surface area contributed by atoms with Crippen molar-refractivity contribution in [1.29, 1.82) is 0 Å². The molecular formula is C12H16N2O2. The molecule has 16 heavy (non-hydrogen) atoms. The zero-order valence-electron chi connectivity index (χ0n) is 9.13. The molecule has 0 saturated carbocycles. The smallest absolute Gasteiger partial charge is 0.128 e. The highest BCUT2D eigenvalue weighted by molar-refractivity contribution is 5.83. The molecule has 0 bridgehead atoms. The van der Waals surface area contributed by atoms with E-state index in [1.807, 2.05) is 24.3 Å². The average molecular weight is 220 g/mol. The van der Waals surface area contributed by atoms with Crippen molar-refractivity contribution in [2.24, 2.45) is 10.9 Å². The van der Waals surface area contributed by atoms with Crippen molar-refractivity contribution < 1.29 is 9.47 Å². The van der Waals surface area contributed by atoms with Crippen LogP contribution in [0.2, 0.25) is 0 Å². The Bertz CT molecular complexity index is 360. The number of rotatable bonds is 3. The second-order valence-corrected chi connectivity index (χ2v) is 3.75. The fourth-order valence-corrected chi connectivity index (χ4v) is 1.75. The van der Waals surface area contributed by atoms with Crippen LogP contribution in [-0.4, -0.2) is 25.5 Å². The fraction of sp³-hybridized carbons (Fsp3) is 0.417. The first-order valence-corrected chi connectivity index (χ1v) is 5.47. The van der Waals surface area contributed by atoms with Crippen molar-refractivity contribution in [3.63, 3.8) is 0 Å². The van der Waals surface area contributed by atoms with E-state index >= 15 is 0 Å². The molecule has 1 heterocycles. The largest absolute Gasteiger partial charge is 0.490 e. The zero-order valence-corrected chi connectivity index (χ0v) is 9.13. The van der Waals surface area contributed by atoms with Gasteiger partial charge in [-0.25, -0.2) is 0 Å². The predicted octanol–water partition coefficient (Wildman–Crippen LogP) is 1.54. The van der Waals surface area contributed by atoms with Gasteiger partial charge in [-0.15, -0.1) is 0 Å². The number of hydrogen-bond donors (Lipinski definition) is 1. The summed E-state index contributed by atoms with van der Waals surface area (Å²) in [5.41, 5.74) is 0.913. The molecule has 0 amide bonds. The van der Waals surface area contributed by atoms with Crippen LogP contribution < -0.4 is 10.6 Å². The third-order valence-electron chi connectivity index (χ3n) is 2.59. The molecule has 1 aliphatic rings. The minimum Gasteiger partial charge on any atom is -0.490 e. The van der Waals surface area contributed by atoms with Crippen LogP contribution in [0.3, 0.4) is 0 Å². The quantitative estimate of drug-likeness (QED) is 0.477. The Labute approximate surface area is 95.0 Å². The van der Waals surface area contributed by atoms with Gasteiger partial charge in [-0.1, -0.05) is 12.1 Å². The Balaban J connectivity index is 2.07. The molecule has 1 aliphatic heterocycles. The predicted molar refractivity (Wildman–Crippen MR) is 62.7 cm³/mol. The number of para-hydroxylation sites is 1. The van der Waals surface area contributed by atoms with Crippen LogP contribution in [0.25, 0.3) is 0 Å². The summed E-state index contributed by atoms with van der Waals surface area (Å²) in [6.45, 7) is 1.55. The van der Waals surface area contributed by atoms with Gasteiger partial charge in [-0.05, 0) is 12.1 Å². The Kier molecular flexibility index (Phi) is 3.77. The van der Waals surface area contributed by atoms with Crippen LogP contribution >= 0.6 is 0 Å². The summed E-state index contributed by atoms with van der Waals surface area (Å²) in [5, 5.41) is 3.53. The average Bonchev–Trinajstić information content (AvgIpc) is 2.33. The summed E-state index contributed by atoms with van der Waals surface area (Å²) in [6.07, 6.45) is 3.72. The number of nitrogens with two attached hydrogens (primary N) is 1. The molecule has 0 atom stereocenters. The highest BCUT2D eigenvalue weighted by atomic mass is 16.5. The van der Waals surface area contributed by atoms with E-state index in [1.54, 1.807) is 6.21 Å². The van der Waals surface area contributed by atoms with Crippen molar-refractivity contribution in [2.45, 2.75) is 18.9 Å². The van der Waals surface area contributed by atoms with Crippen LogP contribution in [0.1, 0.15) is 18.4 Å². The van der Waals surface area contributed by atoms with Gasteiger partial charge >= 0.3 is 0 Å². The lowest BCUT2D eigenvalue weighted by atomic mass is 10.1. The molecule has 0 radical (unpaired) electrons. The number of hydrogen-bond acceptors (Lipinski definition) is 4. The molecule has 4 heteroatoms. The van der Waals surface area contributed by atoms with Crippen LogP contribution in [0.15, 0.2) is 29.4 Å². The van der Waals surface area contributed by atoms with E-state index in [9.17, 15) is 0 Å². The van der Waals surface area contributed by atoms with Gasteiger partial charge in [0.05, 0.1) is 19.4 Å². The topological polar surface area (TPSA) is 56.8 Å². The van der Waals surface area contributed by atoms with Gasteiger partial charge in [0.25, 0.3) is 0 Å². The van der Waals surface area contributed by atoms with E-state index < -0.39 is 0 Å². The highest BCUT2D eigenvalue weighted by Crippen LogP contribution is 2.21. The molecule has 4 nitrogen and oxygen atoms in total. The molecule has 0 spiro atoms. The maximum atomic E-state index is 5.91.